The molecule has 0 aliphatic carbocycles. The number of carbonyl (C=O) groups excluding carboxylic acids is 1. The van der Waals surface area contributed by atoms with Gasteiger partial charge in [0.15, 0.2) is 10.0 Å². The van der Waals surface area contributed by atoms with E-state index in [1.165, 1.54) is 6.92 Å². The topological polar surface area (TPSA) is 66.7 Å². The molecule has 0 aliphatic rings. The van der Waals surface area contributed by atoms with Gasteiger partial charge in [-0.1, -0.05) is 6.92 Å². The third-order valence-electron chi connectivity index (χ3n) is 0.647. The van der Waals surface area contributed by atoms with Gasteiger partial charge in [-0.2, -0.15) is 0 Å². The van der Waals surface area contributed by atoms with Gasteiger partial charge in [-0.3, -0.25) is 4.79 Å². The zero-order valence-electron chi connectivity index (χ0n) is 5.33. The van der Waals surface area contributed by atoms with Gasteiger partial charge in [-0.05, 0) is 0 Å². The molecule has 5 heteroatoms. The van der Waals surface area contributed by atoms with Gasteiger partial charge in [0, 0.05) is 6.92 Å². The molecule has 0 radical (unpaired) electrons. The summed E-state index contributed by atoms with van der Waals surface area (Å²) in [5.41, 5.74) is 0. The van der Waals surface area contributed by atoms with E-state index in [-0.39, 0.29) is 5.75 Å². The molecule has 0 bridgehead atoms. The van der Waals surface area contributed by atoms with Crippen LogP contribution in [-0.4, -0.2) is 20.4 Å². The second-order valence-electron chi connectivity index (χ2n) is 1.51. The number of nitrogens with zero attached hydrogens (tertiary/aromatic N) is 1. The molecule has 54 valence electrons. The molecule has 1 atom stereocenters. The number of hydrogen-bond donors (Lipinski definition) is 1. The largest absolute Gasteiger partial charge is 0.300 e. The zero-order valence-corrected chi connectivity index (χ0v) is 6.14. The van der Waals surface area contributed by atoms with E-state index in [0.717, 1.165) is 6.92 Å². The minimum absolute atomic E-state index is 0.00736. The average Bonchev–Trinajstić information content (AvgIpc) is 1.63. The molecule has 1 amide bonds. The van der Waals surface area contributed by atoms with Crippen LogP contribution in [0.2, 0.25) is 0 Å². The molecule has 4 nitrogen and oxygen atoms in total. The summed E-state index contributed by atoms with van der Waals surface area (Å²) in [4.78, 5) is 10.1. The van der Waals surface area contributed by atoms with Crippen LogP contribution in [0.25, 0.3) is 0 Å². The minimum Gasteiger partial charge on any atom is -0.300 e. The Kier molecular flexibility index (Phi) is 2.80. The fourth-order valence-electron chi connectivity index (χ4n) is 0.265. The summed E-state index contributed by atoms with van der Waals surface area (Å²) in [5, 5.41) is 0. The van der Waals surface area contributed by atoms with Crippen LogP contribution in [0.15, 0.2) is 4.36 Å². The van der Waals surface area contributed by atoms with Crippen LogP contribution >= 0.6 is 0 Å². The molecule has 0 aromatic rings. The summed E-state index contributed by atoms with van der Waals surface area (Å²) in [5.74, 6) is -0.614. The van der Waals surface area contributed by atoms with Crippen molar-refractivity contribution in [3.8, 4) is 0 Å². The molecule has 1 N–H and O–H groups in total. The molecule has 0 heterocycles. The van der Waals surface area contributed by atoms with E-state index in [0.29, 0.717) is 0 Å². The van der Waals surface area contributed by atoms with Crippen molar-refractivity contribution >= 4 is 15.9 Å². The lowest BCUT2D eigenvalue weighted by molar-refractivity contribution is -0.115. The van der Waals surface area contributed by atoms with Gasteiger partial charge in [0.2, 0.25) is 0 Å². The lowest BCUT2D eigenvalue weighted by Gasteiger charge is -1.92. The van der Waals surface area contributed by atoms with Crippen LogP contribution in [0.1, 0.15) is 13.8 Å². The second-order valence-corrected chi connectivity index (χ2v) is 3.48. The SMILES string of the molecule is CCS(=O)(O)=NC(C)=O. The van der Waals surface area contributed by atoms with E-state index < -0.39 is 15.9 Å². The van der Waals surface area contributed by atoms with Crippen molar-refractivity contribution in [2.75, 3.05) is 5.75 Å². The van der Waals surface area contributed by atoms with Crippen molar-refractivity contribution in [3.05, 3.63) is 0 Å². The predicted molar refractivity (Wildman–Crippen MR) is 34.4 cm³/mol. The van der Waals surface area contributed by atoms with Crippen molar-refractivity contribution in [1.29, 1.82) is 0 Å². The first-order valence-electron chi connectivity index (χ1n) is 2.46. The molecule has 0 saturated carbocycles. The van der Waals surface area contributed by atoms with E-state index in [2.05, 4.69) is 4.36 Å². The molecule has 9 heavy (non-hydrogen) atoms. The molecule has 0 fully saturated rings. The highest BCUT2D eigenvalue weighted by atomic mass is 32.2. The molecule has 0 saturated heterocycles. The highest BCUT2D eigenvalue weighted by Gasteiger charge is 1.98. The summed E-state index contributed by atoms with van der Waals surface area (Å²) in [7, 11) is -3.19. The summed E-state index contributed by atoms with van der Waals surface area (Å²) in [6.07, 6.45) is 0. The minimum atomic E-state index is -3.19. The van der Waals surface area contributed by atoms with Crippen molar-refractivity contribution in [3.63, 3.8) is 0 Å². The van der Waals surface area contributed by atoms with E-state index >= 15 is 0 Å². The average molecular weight is 151 g/mol. The van der Waals surface area contributed by atoms with Gasteiger partial charge >= 0.3 is 0 Å². The summed E-state index contributed by atoms with van der Waals surface area (Å²) in [6, 6.07) is 0. The maximum atomic E-state index is 10.5. The molecule has 0 aliphatic heterocycles. The molecule has 0 spiro atoms. The summed E-state index contributed by atoms with van der Waals surface area (Å²) >= 11 is 0. The Labute approximate surface area is 54.3 Å². The monoisotopic (exact) mass is 151 g/mol. The quantitative estimate of drug-likeness (QED) is 0.593. The third-order valence-corrected chi connectivity index (χ3v) is 1.94. The fraction of sp³-hybridized carbons (Fsp3) is 0.750. The first-order valence-corrected chi connectivity index (χ1v) is 4.10. The standard InChI is InChI=1S/C4H9NO3S/c1-3-9(7,8)5-4(2)6/h3H2,1-2H3,(H,5,6,7,8). The fourth-order valence-corrected chi connectivity index (χ4v) is 0.796. The Bertz CT molecular complexity index is 214. The van der Waals surface area contributed by atoms with Crippen molar-refractivity contribution in [1.82, 2.24) is 0 Å². The molecule has 1 unspecified atom stereocenters. The van der Waals surface area contributed by atoms with Crippen LogP contribution in [0.4, 0.5) is 0 Å². The lowest BCUT2D eigenvalue weighted by Crippen LogP contribution is -2.02. The lowest BCUT2D eigenvalue weighted by atomic mass is 10.8. The third kappa shape index (κ3) is 4.11. The van der Waals surface area contributed by atoms with Gasteiger partial charge in [-0.25, -0.2) is 4.21 Å². The van der Waals surface area contributed by atoms with Crippen molar-refractivity contribution < 1.29 is 13.6 Å². The summed E-state index contributed by atoms with van der Waals surface area (Å²) < 4.78 is 22.1. The normalized spacial score (nSPS) is 16.3. The van der Waals surface area contributed by atoms with E-state index in [1.807, 2.05) is 0 Å². The van der Waals surface area contributed by atoms with Gasteiger partial charge < -0.3 is 4.55 Å². The zero-order chi connectivity index (χ0) is 7.49. The maximum Gasteiger partial charge on any atom is 0.252 e. The Hall–Kier alpha value is -0.420. The molecular weight excluding hydrogens is 142 g/mol. The molecular formula is C4H9NO3S. The van der Waals surface area contributed by atoms with Crippen molar-refractivity contribution in [2.45, 2.75) is 13.8 Å². The second kappa shape index (κ2) is 2.93. The van der Waals surface area contributed by atoms with Gasteiger partial charge in [0.25, 0.3) is 5.91 Å². The van der Waals surface area contributed by atoms with Crippen LogP contribution in [-0.2, 0) is 14.8 Å². The molecule has 0 rings (SSSR count). The van der Waals surface area contributed by atoms with Crippen molar-refractivity contribution in [2.24, 2.45) is 4.36 Å². The Morgan fingerprint density at radius 2 is 2.22 bits per heavy atom. The first kappa shape index (κ1) is 8.58. The number of hydrogen-bond acceptors (Lipinski definition) is 2. The van der Waals surface area contributed by atoms with E-state index in [9.17, 15) is 9.00 Å². The highest BCUT2D eigenvalue weighted by Crippen LogP contribution is 1.88. The van der Waals surface area contributed by atoms with Crippen LogP contribution in [0.3, 0.4) is 0 Å². The summed E-state index contributed by atoms with van der Waals surface area (Å²) in [6.45, 7) is 2.64. The number of amides is 1. The number of rotatable bonds is 1. The first-order chi connectivity index (χ1) is 3.98. The highest BCUT2D eigenvalue weighted by molar-refractivity contribution is 7.88. The van der Waals surface area contributed by atoms with Crippen LogP contribution < -0.4 is 0 Å². The Morgan fingerprint density at radius 1 is 1.78 bits per heavy atom. The van der Waals surface area contributed by atoms with Gasteiger partial charge in [0.05, 0.1) is 5.75 Å². The smallest absolute Gasteiger partial charge is 0.252 e. The Balaban J connectivity index is 4.50. The van der Waals surface area contributed by atoms with Crippen LogP contribution in [0.5, 0.6) is 0 Å². The van der Waals surface area contributed by atoms with Crippen LogP contribution in [0, 0.1) is 0 Å². The Morgan fingerprint density at radius 3 is 2.33 bits per heavy atom. The molecule has 0 aromatic heterocycles. The van der Waals surface area contributed by atoms with Gasteiger partial charge in [0.1, 0.15) is 0 Å². The predicted octanol–water partition coefficient (Wildman–Crippen LogP) is 0.494. The molecule has 0 aromatic carbocycles. The van der Waals surface area contributed by atoms with E-state index in [4.69, 9.17) is 4.55 Å². The number of carbonyl (C=O) groups is 1. The maximum absolute atomic E-state index is 10.5. The van der Waals surface area contributed by atoms with E-state index in [1.54, 1.807) is 0 Å². The van der Waals surface area contributed by atoms with Gasteiger partial charge in [-0.15, -0.1) is 4.36 Å².